The predicted molar refractivity (Wildman–Crippen MR) is 59.5 cm³/mol. The molecule has 0 N–H and O–H groups in total. The zero-order valence-corrected chi connectivity index (χ0v) is 9.24. The summed E-state index contributed by atoms with van der Waals surface area (Å²) in [7, 11) is 0. The van der Waals surface area contributed by atoms with Crippen LogP contribution in [0.3, 0.4) is 0 Å². The largest absolute Gasteiger partial charge is 0.381 e. The molecule has 15 heavy (non-hydrogen) atoms. The van der Waals surface area contributed by atoms with Gasteiger partial charge in [-0.15, -0.1) is 0 Å². The highest BCUT2D eigenvalue weighted by molar-refractivity contribution is 5.23. The first-order chi connectivity index (χ1) is 7.38. The SMILES string of the molecule is CCC1COC1.c1cc2cc(c1)COC2. The standard InChI is InChI=1S/C8H8O.C5H10O/c1-2-7-4-8(3-1)6-9-5-7;1-2-5-3-6-4-5/h1-4H,5-6H2;5H,2-4H2,1H3. The average Bonchev–Trinajstić information content (AvgIpc) is 2.17. The molecule has 0 aliphatic carbocycles. The van der Waals surface area contributed by atoms with Crippen LogP contribution >= 0.6 is 0 Å². The molecule has 0 unspecified atom stereocenters. The quantitative estimate of drug-likeness (QED) is 0.703. The summed E-state index contributed by atoms with van der Waals surface area (Å²) in [5.74, 6) is 0.894. The summed E-state index contributed by atoms with van der Waals surface area (Å²) in [6, 6.07) is 8.43. The smallest absolute Gasteiger partial charge is 0.0721 e. The molecule has 0 atom stereocenters. The van der Waals surface area contributed by atoms with Crippen molar-refractivity contribution in [2.45, 2.75) is 26.6 Å². The lowest BCUT2D eigenvalue weighted by atomic mass is 10.1. The first-order valence-electron chi connectivity index (χ1n) is 5.62. The van der Waals surface area contributed by atoms with Crippen molar-refractivity contribution >= 4 is 0 Å². The molecular formula is C13H18O2. The Morgan fingerprint density at radius 3 is 2.13 bits per heavy atom. The molecule has 2 bridgehead atoms. The number of rotatable bonds is 1. The van der Waals surface area contributed by atoms with Gasteiger partial charge in [0, 0.05) is 5.92 Å². The lowest BCUT2D eigenvalue weighted by molar-refractivity contribution is -0.0331. The maximum Gasteiger partial charge on any atom is 0.0721 e. The fourth-order valence-corrected chi connectivity index (χ4v) is 1.62. The van der Waals surface area contributed by atoms with Crippen LogP contribution in [0, 0.1) is 5.92 Å². The van der Waals surface area contributed by atoms with Crippen LogP contribution < -0.4 is 0 Å². The van der Waals surface area contributed by atoms with Gasteiger partial charge in [0.1, 0.15) is 0 Å². The van der Waals surface area contributed by atoms with Crippen molar-refractivity contribution in [2.75, 3.05) is 13.2 Å². The number of fused-ring (bicyclic) bond motifs is 2. The van der Waals surface area contributed by atoms with Crippen LogP contribution in [0.15, 0.2) is 24.3 Å². The molecule has 1 fully saturated rings. The summed E-state index contributed by atoms with van der Waals surface area (Å²) in [6.45, 7) is 5.79. The van der Waals surface area contributed by atoms with E-state index in [9.17, 15) is 0 Å². The van der Waals surface area contributed by atoms with Crippen molar-refractivity contribution in [3.8, 4) is 0 Å². The first kappa shape index (κ1) is 10.7. The third-order valence-corrected chi connectivity index (χ3v) is 2.81. The van der Waals surface area contributed by atoms with Crippen molar-refractivity contribution in [2.24, 2.45) is 5.92 Å². The molecule has 0 radical (unpaired) electrons. The highest BCUT2D eigenvalue weighted by atomic mass is 16.5. The zero-order chi connectivity index (χ0) is 10.5. The normalized spacial score (nSPS) is 18.7. The molecule has 0 spiro atoms. The fraction of sp³-hybridized carbons (Fsp3) is 0.538. The summed E-state index contributed by atoms with van der Waals surface area (Å²) >= 11 is 0. The third-order valence-electron chi connectivity index (χ3n) is 2.81. The molecule has 0 saturated carbocycles. The van der Waals surface area contributed by atoms with Crippen LogP contribution in [0.4, 0.5) is 0 Å². The van der Waals surface area contributed by atoms with E-state index in [1.807, 2.05) is 0 Å². The van der Waals surface area contributed by atoms with E-state index in [1.165, 1.54) is 17.5 Å². The lowest BCUT2D eigenvalue weighted by Gasteiger charge is -2.23. The molecule has 1 aromatic carbocycles. The molecule has 2 heteroatoms. The van der Waals surface area contributed by atoms with Crippen molar-refractivity contribution in [1.29, 1.82) is 0 Å². The Morgan fingerprint density at radius 2 is 1.80 bits per heavy atom. The second-order valence-electron chi connectivity index (χ2n) is 4.12. The first-order valence-corrected chi connectivity index (χ1v) is 5.62. The van der Waals surface area contributed by atoms with Crippen LogP contribution in [0.1, 0.15) is 24.5 Å². The van der Waals surface area contributed by atoms with E-state index >= 15 is 0 Å². The molecule has 3 rings (SSSR count). The molecule has 0 amide bonds. The number of hydrogen-bond acceptors (Lipinski definition) is 2. The molecule has 1 saturated heterocycles. The minimum Gasteiger partial charge on any atom is -0.381 e. The Morgan fingerprint density at radius 1 is 1.13 bits per heavy atom. The monoisotopic (exact) mass is 206 g/mol. The van der Waals surface area contributed by atoms with Crippen molar-refractivity contribution in [3.05, 3.63) is 35.4 Å². The minimum atomic E-state index is 0.786. The van der Waals surface area contributed by atoms with Gasteiger partial charge in [-0.3, -0.25) is 0 Å². The van der Waals surface area contributed by atoms with Gasteiger partial charge >= 0.3 is 0 Å². The Bertz CT molecular complexity index is 283. The van der Waals surface area contributed by atoms with Gasteiger partial charge < -0.3 is 9.47 Å². The van der Waals surface area contributed by atoms with E-state index in [0.717, 1.165) is 32.3 Å². The highest BCUT2D eigenvalue weighted by Crippen LogP contribution is 2.13. The molecule has 2 aliphatic heterocycles. The van der Waals surface area contributed by atoms with Gasteiger partial charge in [0.05, 0.1) is 26.4 Å². The summed E-state index contributed by atoms with van der Waals surface area (Å²) in [5, 5.41) is 0. The predicted octanol–water partition coefficient (Wildman–Crippen LogP) is 2.76. The molecule has 2 nitrogen and oxygen atoms in total. The molecule has 2 aliphatic rings. The topological polar surface area (TPSA) is 18.5 Å². The maximum atomic E-state index is 5.25. The van der Waals surface area contributed by atoms with Crippen LogP contribution in [-0.4, -0.2) is 13.2 Å². The number of hydrogen-bond donors (Lipinski definition) is 0. The van der Waals surface area contributed by atoms with E-state index in [0.29, 0.717) is 0 Å². The van der Waals surface area contributed by atoms with Crippen molar-refractivity contribution in [1.82, 2.24) is 0 Å². The summed E-state index contributed by atoms with van der Waals surface area (Å²) in [6.07, 6.45) is 1.29. The van der Waals surface area contributed by atoms with Gasteiger partial charge in [-0.1, -0.05) is 31.2 Å². The van der Waals surface area contributed by atoms with Crippen LogP contribution in [0.25, 0.3) is 0 Å². The molecule has 0 aromatic heterocycles. The van der Waals surface area contributed by atoms with Gasteiger partial charge in [-0.05, 0) is 17.5 Å². The Hall–Kier alpha value is -0.860. The van der Waals surface area contributed by atoms with E-state index in [4.69, 9.17) is 9.47 Å². The summed E-state index contributed by atoms with van der Waals surface area (Å²) < 4.78 is 10.2. The third kappa shape index (κ3) is 3.05. The fourth-order valence-electron chi connectivity index (χ4n) is 1.62. The van der Waals surface area contributed by atoms with E-state index in [2.05, 4.69) is 31.2 Å². The van der Waals surface area contributed by atoms with Gasteiger partial charge in [-0.25, -0.2) is 0 Å². The van der Waals surface area contributed by atoms with E-state index < -0.39 is 0 Å². The summed E-state index contributed by atoms with van der Waals surface area (Å²) in [4.78, 5) is 0. The molecule has 1 aromatic rings. The van der Waals surface area contributed by atoms with Gasteiger partial charge in [0.2, 0.25) is 0 Å². The van der Waals surface area contributed by atoms with Gasteiger partial charge in [-0.2, -0.15) is 0 Å². The molecule has 2 heterocycles. The second-order valence-corrected chi connectivity index (χ2v) is 4.12. The average molecular weight is 206 g/mol. The van der Waals surface area contributed by atoms with Crippen LogP contribution in [0.5, 0.6) is 0 Å². The van der Waals surface area contributed by atoms with Crippen LogP contribution in [-0.2, 0) is 22.7 Å². The van der Waals surface area contributed by atoms with Crippen molar-refractivity contribution in [3.63, 3.8) is 0 Å². The van der Waals surface area contributed by atoms with E-state index in [1.54, 1.807) is 0 Å². The van der Waals surface area contributed by atoms with Gasteiger partial charge in [0.25, 0.3) is 0 Å². The minimum absolute atomic E-state index is 0.786. The zero-order valence-electron chi connectivity index (χ0n) is 9.24. The Kier molecular flexibility index (Phi) is 3.75. The van der Waals surface area contributed by atoms with Gasteiger partial charge in [0.15, 0.2) is 0 Å². The Labute approximate surface area is 91.2 Å². The molecular weight excluding hydrogens is 188 g/mol. The van der Waals surface area contributed by atoms with E-state index in [-0.39, 0.29) is 0 Å². The van der Waals surface area contributed by atoms with Crippen molar-refractivity contribution < 1.29 is 9.47 Å². The highest BCUT2D eigenvalue weighted by Gasteiger charge is 2.14. The maximum absolute atomic E-state index is 5.25. The summed E-state index contributed by atoms with van der Waals surface area (Å²) in [5.41, 5.74) is 2.58. The number of benzene rings is 1. The molecule has 82 valence electrons. The van der Waals surface area contributed by atoms with Crippen LogP contribution in [0.2, 0.25) is 0 Å². The number of ether oxygens (including phenoxy) is 2. The lowest BCUT2D eigenvalue weighted by Crippen LogP contribution is -2.26. The Balaban J connectivity index is 0.000000124. The second kappa shape index (κ2) is 5.29.